The Morgan fingerprint density at radius 1 is 1.27 bits per heavy atom. The minimum atomic E-state index is -0.387. The van der Waals surface area contributed by atoms with Crippen LogP contribution in [0.3, 0.4) is 0 Å². The molecule has 0 bridgehead atoms. The van der Waals surface area contributed by atoms with E-state index in [-0.39, 0.29) is 17.0 Å². The highest BCUT2D eigenvalue weighted by molar-refractivity contribution is 5.93. The van der Waals surface area contributed by atoms with Crippen LogP contribution in [0, 0.1) is 0 Å². The van der Waals surface area contributed by atoms with E-state index < -0.39 is 0 Å². The summed E-state index contributed by atoms with van der Waals surface area (Å²) in [6, 6.07) is 7.06. The van der Waals surface area contributed by atoms with E-state index in [1.165, 1.54) is 25.1 Å². The second-order valence-corrected chi connectivity index (χ2v) is 5.31. The summed E-state index contributed by atoms with van der Waals surface area (Å²) in [5, 5.41) is 2.73. The average molecular weight is 298 g/mol. The summed E-state index contributed by atoms with van der Waals surface area (Å²) in [7, 11) is 0. The molecule has 0 unspecified atom stereocenters. The second-order valence-electron chi connectivity index (χ2n) is 5.31. The molecule has 0 saturated carbocycles. The lowest BCUT2D eigenvalue weighted by atomic mass is 10.2. The van der Waals surface area contributed by atoms with Crippen LogP contribution in [-0.2, 0) is 6.54 Å². The summed E-state index contributed by atoms with van der Waals surface area (Å²) < 4.78 is 0. The SMILES string of the molecule is O=C(NCc1ccc(N2CCCC2)nc1)c1ccc[nH]c1=O. The van der Waals surface area contributed by atoms with Gasteiger partial charge in [0.25, 0.3) is 11.5 Å². The minimum absolute atomic E-state index is 0.115. The van der Waals surface area contributed by atoms with Crippen LogP contribution >= 0.6 is 0 Å². The predicted octanol–water partition coefficient (Wildman–Crippen LogP) is 1.30. The number of H-pyrrole nitrogens is 1. The zero-order valence-electron chi connectivity index (χ0n) is 12.2. The van der Waals surface area contributed by atoms with Gasteiger partial charge >= 0.3 is 0 Å². The van der Waals surface area contributed by atoms with E-state index in [0.29, 0.717) is 6.54 Å². The molecular weight excluding hydrogens is 280 g/mol. The Balaban J connectivity index is 1.60. The van der Waals surface area contributed by atoms with Gasteiger partial charge in [0.05, 0.1) is 0 Å². The Bertz CT molecular complexity index is 703. The normalized spacial score (nSPS) is 14.1. The number of aromatic nitrogens is 2. The van der Waals surface area contributed by atoms with Crippen molar-refractivity contribution in [2.75, 3.05) is 18.0 Å². The van der Waals surface area contributed by atoms with Crippen LogP contribution in [0.1, 0.15) is 28.8 Å². The highest BCUT2D eigenvalue weighted by Crippen LogP contribution is 2.17. The summed E-state index contributed by atoms with van der Waals surface area (Å²) in [4.78, 5) is 32.7. The number of anilines is 1. The zero-order chi connectivity index (χ0) is 15.4. The molecule has 0 spiro atoms. The van der Waals surface area contributed by atoms with E-state index >= 15 is 0 Å². The van der Waals surface area contributed by atoms with Gasteiger partial charge in [-0.3, -0.25) is 9.59 Å². The molecule has 3 rings (SSSR count). The number of hydrogen-bond donors (Lipinski definition) is 2. The topological polar surface area (TPSA) is 78.1 Å². The van der Waals surface area contributed by atoms with Crippen LogP contribution < -0.4 is 15.8 Å². The largest absolute Gasteiger partial charge is 0.357 e. The number of carbonyl (C=O) groups is 1. The first-order chi connectivity index (χ1) is 10.7. The quantitative estimate of drug-likeness (QED) is 0.892. The van der Waals surface area contributed by atoms with Crippen molar-refractivity contribution in [3.8, 4) is 0 Å². The lowest BCUT2D eigenvalue weighted by molar-refractivity contribution is 0.0949. The Morgan fingerprint density at radius 3 is 2.77 bits per heavy atom. The molecule has 22 heavy (non-hydrogen) atoms. The van der Waals surface area contributed by atoms with Crippen molar-refractivity contribution in [2.45, 2.75) is 19.4 Å². The van der Waals surface area contributed by atoms with Gasteiger partial charge in [-0.1, -0.05) is 6.07 Å². The molecule has 1 amide bonds. The average Bonchev–Trinajstić information content (AvgIpc) is 3.08. The number of pyridine rings is 2. The van der Waals surface area contributed by atoms with Gasteiger partial charge in [-0.05, 0) is 36.6 Å². The van der Waals surface area contributed by atoms with E-state index in [0.717, 1.165) is 24.5 Å². The summed E-state index contributed by atoms with van der Waals surface area (Å²) in [5.41, 5.74) is 0.635. The first-order valence-corrected chi connectivity index (χ1v) is 7.40. The molecule has 6 heteroatoms. The molecule has 1 aliphatic rings. The monoisotopic (exact) mass is 298 g/mol. The van der Waals surface area contributed by atoms with Gasteiger partial charge in [0.1, 0.15) is 11.4 Å². The number of aromatic amines is 1. The number of nitrogens with zero attached hydrogens (tertiary/aromatic N) is 2. The van der Waals surface area contributed by atoms with Crippen molar-refractivity contribution in [3.05, 3.63) is 58.1 Å². The second kappa shape index (κ2) is 6.43. The Kier molecular flexibility index (Phi) is 4.18. The van der Waals surface area contributed by atoms with E-state index in [9.17, 15) is 9.59 Å². The lowest BCUT2D eigenvalue weighted by Crippen LogP contribution is -2.29. The van der Waals surface area contributed by atoms with Crippen LogP contribution in [0.25, 0.3) is 0 Å². The van der Waals surface area contributed by atoms with Crippen molar-refractivity contribution in [3.63, 3.8) is 0 Å². The highest BCUT2D eigenvalue weighted by atomic mass is 16.2. The van der Waals surface area contributed by atoms with Gasteiger partial charge in [0, 0.05) is 32.0 Å². The maximum Gasteiger partial charge on any atom is 0.260 e. The fraction of sp³-hybridized carbons (Fsp3) is 0.312. The molecule has 1 fully saturated rings. The van der Waals surface area contributed by atoms with Gasteiger partial charge in [-0.2, -0.15) is 0 Å². The standard InChI is InChI=1S/C16H18N4O2/c21-15-13(4-3-7-17-15)16(22)19-11-12-5-6-14(18-10-12)20-8-1-2-9-20/h3-7,10H,1-2,8-9,11H2,(H,17,21)(H,19,22). The van der Waals surface area contributed by atoms with Gasteiger partial charge in [0.15, 0.2) is 0 Å². The third-order valence-electron chi connectivity index (χ3n) is 3.76. The van der Waals surface area contributed by atoms with Crippen molar-refractivity contribution in [1.82, 2.24) is 15.3 Å². The Labute approximate surface area is 128 Å². The number of amides is 1. The molecule has 3 heterocycles. The van der Waals surface area contributed by atoms with Crippen molar-refractivity contribution < 1.29 is 4.79 Å². The zero-order valence-corrected chi connectivity index (χ0v) is 12.2. The van der Waals surface area contributed by atoms with E-state index in [4.69, 9.17) is 0 Å². The summed E-state index contributed by atoms with van der Waals surface area (Å²) in [6.45, 7) is 2.46. The van der Waals surface area contributed by atoms with Gasteiger partial charge in [-0.15, -0.1) is 0 Å². The van der Waals surface area contributed by atoms with E-state index in [1.807, 2.05) is 12.1 Å². The number of nitrogens with one attached hydrogen (secondary N) is 2. The predicted molar refractivity (Wildman–Crippen MR) is 83.9 cm³/mol. The third kappa shape index (κ3) is 3.16. The molecule has 2 N–H and O–H groups in total. The van der Waals surface area contributed by atoms with Gasteiger partial charge < -0.3 is 15.2 Å². The van der Waals surface area contributed by atoms with Crippen LogP contribution in [-0.4, -0.2) is 29.0 Å². The molecule has 6 nitrogen and oxygen atoms in total. The van der Waals surface area contributed by atoms with E-state index in [2.05, 4.69) is 20.2 Å². The van der Waals surface area contributed by atoms with E-state index in [1.54, 1.807) is 12.3 Å². The molecule has 2 aromatic heterocycles. The fourth-order valence-electron chi connectivity index (χ4n) is 2.53. The molecule has 0 aromatic carbocycles. The molecule has 1 aliphatic heterocycles. The van der Waals surface area contributed by atoms with Gasteiger partial charge in [0.2, 0.25) is 0 Å². The van der Waals surface area contributed by atoms with Crippen LogP contribution in [0.4, 0.5) is 5.82 Å². The summed E-state index contributed by atoms with van der Waals surface area (Å²) in [6.07, 6.45) is 5.69. The molecule has 0 radical (unpaired) electrons. The van der Waals surface area contributed by atoms with Crippen LogP contribution in [0.5, 0.6) is 0 Å². The molecule has 114 valence electrons. The first kappa shape index (κ1) is 14.3. The van der Waals surface area contributed by atoms with Crippen LogP contribution in [0.15, 0.2) is 41.5 Å². The fourth-order valence-corrected chi connectivity index (χ4v) is 2.53. The maximum absolute atomic E-state index is 12.0. The number of rotatable bonds is 4. The van der Waals surface area contributed by atoms with Crippen molar-refractivity contribution >= 4 is 11.7 Å². The van der Waals surface area contributed by atoms with Crippen LogP contribution in [0.2, 0.25) is 0 Å². The molecular formula is C16H18N4O2. The number of hydrogen-bond acceptors (Lipinski definition) is 4. The Morgan fingerprint density at radius 2 is 2.09 bits per heavy atom. The molecule has 0 atom stereocenters. The van der Waals surface area contributed by atoms with Crippen molar-refractivity contribution in [1.29, 1.82) is 0 Å². The third-order valence-corrected chi connectivity index (χ3v) is 3.76. The van der Waals surface area contributed by atoms with Crippen molar-refractivity contribution in [2.24, 2.45) is 0 Å². The highest BCUT2D eigenvalue weighted by Gasteiger charge is 2.13. The molecule has 1 saturated heterocycles. The first-order valence-electron chi connectivity index (χ1n) is 7.40. The minimum Gasteiger partial charge on any atom is -0.357 e. The Hall–Kier alpha value is -2.63. The summed E-state index contributed by atoms with van der Waals surface area (Å²) in [5.74, 6) is 0.595. The van der Waals surface area contributed by atoms with Gasteiger partial charge in [-0.25, -0.2) is 4.98 Å². The summed E-state index contributed by atoms with van der Waals surface area (Å²) >= 11 is 0. The molecule has 2 aromatic rings. The molecule has 0 aliphatic carbocycles. The smallest absolute Gasteiger partial charge is 0.260 e. The maximum atomic E-state index is 12.0. The number of carbonyl (C=O) groups excluding carboxylic acids is 1. The lowest BCUT2D eigenvalue weighted by Gasteiger charge is -2.16.